The Morgan fingerprint density at radius 2 is 1.87 bits per heavy atom. The van der Waals surface area contributed by atoms with E-state index in [2.05, 4.69) is 15.2 Å². The maximum Gasteiger partial charge on any atom is 0.260 e. The smallest absolute Gasteiger partial charge is 0.260 e. The summed E-state index contributed by atoms with van der Waals surface area (Å²) in [5.41, 5.74) is 0.931. The van der Waals surface area contributed by atoms with E-state index in [0.717, 1.165) is 11.5 Å². The molecule has 0 unspecified atom stereocenters. The maximum absolute atomic E-state index is 13.7. The minimum absolute atomic E-state index is 0.101. The van der Waals surface area contributed by atoms with Crippen LogP contribution in [0.2, 0.25) is 0 Å². The second kappa shape index (κ2) is 9.94. The van der Waals surface area contributed by atoms with Crippen LogP contribution in [-0.4, -0.2) is 59.6 Å². The number of ether oxygens (including phenoxy) is 1. The first kappa shape index (κ1) is 21.3. The standard InChI is InChI=1S/C23H30FN5O2/c1-17-15-21(27-23(25-17)26-18-7-3-2-4-8-18)28-11-13-29(14-12-28)22(30)16-31-20-10-6-5-9-19(20)24/h5-6,9-10,15,18H,2-4,7-8,11-14,16H2,1H3,(H,25,26,27). The SMILES string of the molecule is Cc1cc(N2CCN(C(=O)COc3ccccc3F)CC2)nc(NC2CCCCC2)n1. The van der Waals surface area contributed by atoms with Gasteiger partial charge in [-0.05, 0) is 31.9 Å². The number of aryl methyl sites for hydroxylation is 1. The first-order valence-electron chi connectivity index (χ1n) is 11.1. The van der Waals surface area contributed by atoms with E-state index >= 15 is 0 Å². The molecule has 1 saturated carbocycles. The van der Waals surface area contributed by atoms with Crippen LogP contribution in [0, 0.1) is 12.7 Å². The van der Waals surface area contributed by atoms with Gasteiger partial charge in [-0.15, -0.1) is 0 Å². The molecule has 4 rings (SSSR count). The maximum atomic E-state index is 13.7. The average Bonchev–Trinajstić information content (AvgIpc) is 2.79. The number of halogens is 1. The van der Waals surface area contributed by atoms with Gasteiger partial charge in [0.2, 0.25) is 5.95 Å². The van der Waals surface area contributed by atoms with Crippen LogP contribution in [-0.2, 0) is 4.79 Å². The van der Waals surface area contributed by atoms with Crippen LogP contribution in [0.25, 0.3) is 0 Å². The van der Waals surface area contributed by atoms with Crippen LogP contribution in [0.15, 0.2) is 30.3 Å². The largest absolute Gasteiger partial charge is 0.481 e. The van der Waals surface area contributed by atoms with Gasteiger partial charge in [0.05, 0.1) is 0 Å². The first-order valence-corrected chi connectivity index (χ1v) is 11.1. The third-order valence-electron chi connectivity index (χ3n) is 5.92. The Morgan fingerprint density at radius 3 is 2.61 bits per heavy atom. The van der Waals surface area contributed by atoms with Gasteiger partial charge in [-0.3, -0.25) is 4.79 Å². The molecule has 1 N–H and O–H groups in total. The van der Waals surface area contributed by atoms with Crippen molar-refractivity contribution in [2.24, 2.45) is 0 Å². The Labute approximate surface area is 182 Å². The molecule has 8 heteroatoms. The van der Waals surface area contributed by atoms with Crippen molar-refractivity contribution in [3.63, 3.8) is 0 Å². The second-order valence-electron chi connectivity index (χ2n) is 8.26. The highest BCUT2D eigenvalue weighted by atomic mass is 19.1. The van der Waals surface area contributed by atoms with Crippen LogP contribution in [0.5, 0.6) is 5.75 Å². The van der Waals surface area contributed by atoms with E-state index in [1.165, 1.54) is 44.2 Å². The molecular weight excluding hydrogens is 397 g/mol. The summed E-state index contributed by atoms with van der Waals surface area (Å²) in [6.07, 6.45) is 6.16. The van der Waals surface area contributed by atoms with Crippen molar-refractivity contribution < 1.29 is 13.9 Å². The second-order valence-corrected chi connectivity index (χ2v) is 8.26. The Bertz CT molecular complexity index is 895. The van der Waals surface area contributed by atoms with E-state index < -0.39 is 5.82 Å². The molecule has 1 aliphatic heterocycles. The number of piperazine rings is 1. The number of anilines is 2. The summed E-state index contributed by atoms with van der Waals surface area (Å²) in [4.78, 5) is 25.7. The molecule has 31 heavy (non-hydrogen) atoms. The lowest BCUT2D eigenvalue weighted by Crippen LogP contribution is -2.50. The molecule has 2 heterocycles. The zero-order chi connectivity index (χ0) is 21.6. The number of amides is 1. The fourth-order valence-electron chi connectivity index (χ4n) is 4.19. The fraction of sp³-hybridized carbons (Fsp3) is 0.522. The number of aromatic nitrogens is 2. The van der Waals surface area contributed by atoms with Crippen LogP contribution in [0.3, 0.4) is 0 Å². The van der Waals surface area contributed by atoms with Gasteiger partial charge in [0.1, 0.15) is 5.82 Å². The van der Waals surface area contributed by atoms with Gasteiger partial charge in [0.25, 0.3) is 5.91 Å². The molecule has 0 atom stereocenters. The molecule has 7 nitrogen and oxygen atoms in total. The molecule has 0 bridgehead atoms. The lowest BCUT2D eigenvalue weighted by atomic mass is 9.96. The normalized spacial score (nSPS) is 17.5. The van der Waals surface area contributed by atoms with Crippen molar-refractivity contribution >= 4 is 17.7 Å². The predicted octanol–water partition coefficient (Wildman–Crippen LogP) is 3.40. The molecule has 1 amide bonds. The number of hydrogen-bond donors (Lipinski definition) is 1. The lowest BCUT2D eigenvalue weighted by molar-refractivity contribution is -0.133. The number of para-hydroxylation sites is 1. The third-order valence-corrected chi connectivity index (χ3v) is 5.92. The summed E-state index contributed by atoms with van der Waals surface area (Å²) in [7, 11) is 0. The molecular formula is C23H30FN5O2. The third kappa shape index (κ3) is 5.62. The summed E-state index contributed by atoms with van der Waals surface area (Å²) in [5, 5.41) is 3.50. The number of nitrogens with zero attached hydrogens (tertiary/aromatic N) is 4. The number of hydrogen-bond acceptors (Lipinski definition) is 6. The number of carbonyl (C=O) groups excluding carboxylic acids is 1. The van der Waals surface area contributed by atoms with Gasteiger partial charge >= 0.3 is 0 Å². The summed E-state index contributed by atoms with van der Waals surface area (Å²) < 4.78 is 19.0. The van der Waals surface area contributed by atoms with Gasteiger partial charge in [-0.1, -0.05) is 31.4 Å². The van der Waals surface area contributed by atoms with Crippen molar-refractivity contribution in [2.75, 3.05) is 43.0 Å². The van der Waals surface area contributed by atoms with Crippen LogP contribution in [0.4, 0.5) is 16.2 Å². The first-order chi connectivity index (χ1) is 15.1. The van der Waals surface area contributed by atoms with Crippen molar-refractivity contribution in [3.05, 3.63) is 41.8 Å². The van der Waals surface area contributed by atoms with E-state index in [1.54, 1.807) is 17.0 Å². The monoisotopic (exact) mass is 427 g/mol. The molecule has 1 aliphatic carbocycles. The van der Waals surface area contributed by atoms with Crippen LogP contribution >= 0.6 is 0 Å². The van der Waals surface area contributed by atoms with E-state index in [-0.39, 0.29) is 18.3 Å². The van der Waals surface area contributed by atoms with E-state index in [9.17, 15) is 9.18 Å². The van der Waals surface area contributed by atoms with Crippen molar-refractivity contribution in [1.82, 2.24) is 14.9 Å². The Hall–Kier alpha value is -2.90. The fourth-order valence-corrected chi connectivity index (χ4v) is 4.19. The predicted molar refractivity (Wildman–Crippen MR) is 118 cm³/mol. The van der Waals surface area contributed by atoms with E-state index in [0.29, 0.717) is 38.2 Å². The van der Waals surface area contributed by atoms with Gasteiger partial charge in [0, 0.05) is 44.0 Å². The Kier molecular flexibility index (Phi) is 6.84. The van der Waals surface area contributed by atoms with Crippen molar-refractivity contribution in [2.45, 2.75) is 45.1 Å². The van der Waals surface area contributed by atoms with Gasteiger partial charge < -0.3 is 19.9 Å². The number of carbonyl (C=O) groups is 1. The molecule has 2 aliphatic rings. The minimum Gasteiger partial charge on any atom is -0.481 e. The molecule has 166 valence electrons. The summed E-state index contributed by atoms with van der Waals surface area (Å²) in [6.45, 7) is 4.34. The molecule has 1 saturated heterocycles. The number of nitrogens with one attached hydrogen (secondary N) is 1. The van der Waals surface area contributed by atoms with Crippen molar-refractivity contribution in [1.29, 1.82) is 0 Å². The van der Waals surface area contributed by atoms with Crippen LogP contribution < -0.4 is 15.0 Å². The van der Waals surface area contributed by atoms with E-state index in [4.69, 9.17) is 9.72 Å². The molecule has 2 fully saturated rings. The number of rotatable bonds is 6. The van der Waals surface area contributed by atoms with E-state index in [1.807, 2.05) is 13.0 Å². The molecule has 0 radical (unpaired) electrons. The zero-order valence-corrected chi connectivity index (χ0v) is 18.0. The minimum atomic E-state index is -0.461. The van der Waals surface area contributed by atoms with Crippen LogP contribution in [0.1, 0.15) is 37.8 Å². The summed E-state index contributed by atoms with van der Waals surface area (Å²) in [5.74, 6) is 1.08. The molecule has 0 spiro atoms. The molecule has 1 aromatic heterocycles. The number of benzene rings is 1. The Balaban J connectivity index is 1.30. The zero-order valence-electron chi connectivity index (χ0n) is 18.0. The highest BCUT2D eigenvalue weighted by Gasteiger charge is 2.23. The molecule has 1 aromatic carbocycles. The van der Waals surface area contributed by atoms with Gasteiger partial charge in [-0.2, -0.15) is 4.98 Å². The quantitative estimate of drug-likeness (QED) is 0.762. The highest BCUT2D eigenvalue weighted by molar-refractivity contribution is 5.78. The summed E-state index contributed by atoms with van der Waals surface area (Å²) >= 11 is 0. The van der Waals surface area contributed by atoms with Crippen molar-refractivity contribution in [3.8, 4) is 5.75 Å². The summed E-state index contributed by atoms with van der Waals surface area (Å²) in [6, 6.07) is 8.56. The molecule has 2 aromatic rings. The topological polar surface area (TPSA) is 70.6 Å². The van der Waals surface area contributed by atoms with Gasteiger partial charge in [0.15, 0.2) is 18.2 Å². The highest BCUT2D eigenvalue weighted by Crippen LogP contribution is 2.22. The Morgan fingerprint density at radius 1 is 1.13 bits per heavy atom. The lowest BCUT2D eigenvalue weighted by Gasteiger charge is -2.35. The average molecular weight is 428 g/mol. The van der Waals surface area contributed by atoms with Gasteiger partial charge in [-0.25, -0.2) is 9.37 Å².